The Morgan fingerprint density at radius 3 is 2.13 bits per heavy atom. The maximum Gasteiger partial charge on any atom is 0.222 e. The molecule has 2 spiro atoms. The van der Waals surface area contributed by atoms with Gasteiger partial charge in [0.05, 0.1) is 11.2 Å². The van der Waals surface area contributed by atoms with E-state index in [0.29, 0.717) is 19.3 Å². The fourth-order valence-electron chi connectivity index (χ4n) is 4.25. The monoisotopic (exact) mass is 315 g/mol. The molecule has 2 aliphatic heterocycles. The lowest BCUT2D eigenvalue weighted by Gasteiger charge is -2.59. The van der Waals surface area contributed by atoms with Crippen LogP contribution in [0.2, 0.25) is 0 Å². The summed E-state index contributed by atoms with van der Waals surface area (Å²) >= 11 is 0. The van der Waals surface area contributed by atoms with Crippen molar-refractivity contribution in [1.82, 2.24) is 4.90 Å². The van der Waals surface area contributed by atoms with E-state index in [2.05, 4.69) is 21.0 Å². The molecule has 3 fully saturated rings. The molecule has 2 saturated carbocycles. The zero-order valence-corrected chi connectivity index (χ0v) is 13.7. The molecule has 0 unspecified atom stereocenters. The minimum Gasteiger partial charge on any atom is -0.365 e. The van der Waals surface area contributed by atoms with E-state index in [4.69, 9.17) is 11.2 Å². The largest absolute Gasteiger partial charge is 0.365 e. The van der Waals surface area contributed by atoms with Gasteiger partial charge in [-0.05, 0) is 38.5 Å². The molecule has 23 heavy (non-hydrogen) atoms. The van der Waals surface area contributed by atoms with E-state index in [1.807, 2.05) is 0 Å². The van der Waals surface area contributed by atoms with Crippen molar-refractivity contribution in [1.29, 1.82) is 0 Å². The maximum absolute atomic E-state index is 12.7. The van der Waals surface area contributed by atoms with Gasteiger partial charge in [-0.15, -0.1) is 12.3 Å². The molecule has 0 bridgehead atoms. The third-order valence-corrected chi connectivity index (χ3v) is 6.07. The van der Waals surface area contributed by atoms with Gasteiger partial charge in [-0.25, -0.2) is 0 Å². The number of terminal acetylenes is 1. The Labute approximate surface area is 137 Å². The Morgan fingerprint density at radius 2 is 1.70 bits per heavy atom. The summed E-state index contributed by atoms with van der Waals surface area (Å²) in [6.07, 6.45) is 14.9. The highest BCUT2D eigenvalue weighted by molar-refractivity contribution is 5.76. The SMILES string of the molecule is C#CCCC1(CCC(=O)N2CC3(CCC3)OC3(CCC3)C2)N=N1. The van der Waals surface area contributed by atoms with Gasteiger partial charge in [0, 0.05) is 38.8 Å². The lowest BCUT2D eigenvalue weighted by molar-refractivity contribution is -0.262. The van der Waals surface area contributed by atoms with Crippen LogP contribution in [0.1, 0.15) is 64.2 Å². The summed E-state index contributed by atoms with van der Waals surface area (Å²) < 4.78 is 6.47. The van der Waals surface area contributed by atoms with Crippen LogP contribution in [0.3, 0.4) is 0 Å². The first-order chi connectivity index (χ1) is 11.1. The Morgan fingerprint density at radius 1 is 1.09 bits per heavy atom. The molecule has 124 valence electrons. The quantitative estimate of drug-likeness (QED) is 0.732. The van der Waals surface area contributed by atoms with Crippen LogP contribution in [0.5, 0.6) is 0 Å². The lowest BCUT2D eigenvalue weighted by atomic mass is 9.72. The second-order valence-electron chi connectivity index (χ2n) is 7.81. The predicted molar refractivity (Wildman–Crippen MR) is 85.7 cm³/mol. The highest BCUT2D eigenvalue weighted by Gasteiger charge is 2.54. The van der Waals surface area contributed by atoms with E-state index in [0.717, 1.165) is 45.2 Å². The predicted octanol–water partition coefficient (Wildman–Crippen LogP) is 3.05. The number of nitrogens with zero attached hydrogens (tertiary/aromatic N) is 3. The molecule has 4 aliphatic rings. The Balaban J connectivity index is 1.35. The third-order valence-electron chi connectivity index (χ3n) is 6.07. The zero-order chi connectivity index (χ0) is 16.0. The Kier molecular flexibility index (Phi) is 3.49. The fourth-order valence-corrected chi connectivity index (χ4v) is 4.25. The van der Waals surface area contributed by atoms with Gasteiger partial charge in [0.2, 0.25) is 5.91 Å². The molecule has 0 aromatic rings. The average molecular weight is 315 g/mol. The van der Waals surface area contributed by atoms with Gasteiger partial charge < -0.3 is 9.64 Å². The standard InChI is InChI=1S/C18H25N3O2/c1-2-3-11-18(19-20-18)12-6-15(22)21-13-16(7-4-8-16)23-17(14-21)9-5-10-17/h1H,3-14H2. The Hall–Kier alpha value is -1.41. The van der Waals surface area contributed by atoms with Gasteiger partial charge in [-0.3, -0.25) is 4.79 Å². The van der Waals surface area contributed by atoms with Crippen LogP contribution < -0.4 is 0 Å². The smallest absolute Gasteiger partial charge is 0.222 e. The van der Waals surface area contributed by atoms with Crippen LogP contribution in [0, 0.1) is 12.3 Å². The van der Waals surface area contributed by atoms with Crippen LogP contribution in [-0.4, -0.2) is 40.8 Å². The van der Waals surface area contributed by atoms with Gasteiger partial charge >= 0.3 is 0 Å². The molecule has 0 radical (unpaired) electrons. The fraction of sp³-hybridized carbons (Fsp3) is 0.833. The molecule has 0 aromatic carbocycles. The van der Waals surface area contributed by atoms with Crippen molar-refractivity contribution >= 4 is 5.91 Å². The van der Waals surface area contributed by atoms with Gasteiger partial charge in [0.1, 0.15) is 0 Å². The molecular formula is C18H25N3O2. The summed E-state index contributed by atoms with van der Waals surface area (Å²) in [6.45, 7) is 1.55. The van der Waals surface area contributed by atoms with E-state index in [1.165, 1.54) is 12.8 Å². The van der Waals surface area contributed by atoms with E-state index in [9.17, 15) is 4.79 Å². The van der Waals surface area contributed by atoms with Crippen LogP contribution >= 0.6 is 0 Å². The van der Waals surface area contributed by atoms with Gasteiger partial charge in [-0.2, -0.15) is 10.2 Å². The lowest BCUT2D eigenvalue weighted by Crippen LogP contribution is -2.67. The van der Waals surface area contributed by atoms with Crippen molar-refractivity contribution in [3.8, 4) is 12.3 Å². The summed E-state index contributed by atoms with van der Waals surface area (Å²) in [5.41, 5.74) is -0.426. The number of rotatable bonds is 5. The first-order valence-electron chi connectivity index (χ1n) is 8.94. The van der Waals surface area contributed by atoms with E-state index < -0.39 is 0 Å². The summed E-state index contributed by atoms with van der Waals surface area (Å²) in [6, 6.07) is 0. The average Bonchev–Trinajstić information content (AvgIpc) is 3.27. The molecule has 5 heteroatoms. The van der Waals surface area contributed by atoms with E-state index >= 15 is 0 Å². The molecule has 0 N–H and O–H groups in total. The van der Waals surface area contributed by atoms with Gasteiger partial charge in [-0.1, -0.05) is 0 Å². The molecule has 2 heterocycles. The molecule has 0 atom stereocenters. The summed E-state index contributed by atoms with van der Waals surface area (Å²) in [7, 11) is 0. The second-order valence-corrected chi connectivity index (χ2v) is 7.81. The normalized spacial score (nSPS) is 28.0. The summed E-state index contributed by atoms with van der Waals surface area (Å²) in [5.74, 6) is 2.87. The number of carbonyl (C=O) groups excluding carboxylic acids is 1. The number of carbonyl (C=O) groups is 1. The number of amides is 1. The van der Waals surface area contributed by atoms with Gasteiger partial charge in [0.15, 0.2) is 5.66 Å². The van der Waals surface area contributed by atoms with Crippen molar-refractivity contribution in [3.63, 3.8) is 0 Å². The van der Waals surface area contributed by atoms with Crippen molar-refractivity contribution < 1.29 is 9.53 Å². The van der Waals surface area contributed by atoms with Crippen molar-refractivity contribution in [2.75, 3.05) is 13.1 Å². The second kappa shape index (κ2) is 5.31. The zero-order valence-electron chi connectivity index (χ0n) is 13.7. The summed E-state index contributed by atoms with van der Waals surface area (Å²) in [5, 5.41) is 8.27. The number of ether oxygens (including phenoxy) is 1. The van der Waals surface area contributed by atoms with Crippen molar-refractivity contribution in [2.24, 2.45) is 10.2 Å². The van der Waals surface area contributed by atoms with Crippen LogP contribution in [0.15, 0.2) is 10.2 Å². The third kappa shape index (κ3) is 2.78. The van der Waals surface area contributed by atoms with Crippen LogP contribution in [0.4, 0.5) is 0 Å². The highest BCUT2D eigenvalue weighted by atomic mass is 16.5. The van der Waals surface area contributed by atoms with Crippen LogP contribution in [0.25, 0.3) is 0 Å². The number of morpholine rings is 1. The topological polar surface area (TPSA) is 54.3 Å². The van der Waals surface area contributed by atoms with E-state index in [-0.39, 0.29) is 22.8 Å². The van der Waals surface area contributed by atoms with Crippen LogP contribution in [-0.2, 0) is 9.53 Å². The number of hydrogen-bond acceptors (Lipinski definition) is 4. The highest BCUT2D eigenvalue weighted by Crippen LogP contribution is 2.49. The molecule has 2 aliphatic carbocycles. The first kappa shape index (κ1) is 15.1. The number of hydrogen-bond donors (Lipinski definition) is 0. The maximum atomic E-state index is 12.7. The van der Waals surface area contributed by atoms with Gasteiger partial charge in [0.25, 0.3) is 0 Å². The molecule has 1 amide bonds. The minimum absolute atomic E-state index is 0.0379. The molecule has 4 rings (SSSR count). The van der Waals surface area contributed by atoms with Crippen molar-refractivity contribution in [2.45, 2.75) is 81.1 Å². The van der Waals surface area contributed by atoms with E-state index in [1.54, 1.807) is 0 Å². The van der Waals surface area contributed by atoms with Crippen molar-refractivity contribution in [3.05, 3.63) is 0 Å². The molecular weight excluding hydrogens is 290 g/mol. The summed E-state index contributed by atoms with van der Waals surface area (Å²) in [4.78, 5) is 14.8. The first-order valence-corrected chi connectivity index (χ1v) is 8.94. The molecule has 5 nitrogen and oxygen atoms in total. The molecule has 1 saturated heterocycles. The molecule has 0 aromatic heterocycles. The minimum atomic E-state index is -0.351. The Bertz CT molecular complexity index is 541.